The molecular formula is C16H20N2OS. The molecule has 0 aliphatic heterocycles. The molecule has 3 rings (SSSR count). The second-order valence-electron chi connectivity index (χ2n) is 5.52. The van der Waals surface area contributed by atoms with Crippen LogP contribution >= 0.6 is 11.3 Å². The lowest BCUT2D eigenvalue weighted by molar-refractivity contribution is -0.116. The first-order valence-corrected chi connectivity index (χ1v) is 8.28. The van der Waals surface area contributed by atoms with Crippen LogP contribution in [0.4, 0.5) is 5.69 Å². The van der Waals surface area contributed by atoms with Crippen molar-refractivity contribution >= 4 is 33.1 Å². The van der Waals surface area contributed by atoms with E-state index in [1.807, 2.05) is 6.92 Å². The molecule has 106 valence electrons. The van der Waals surface area contributed by atoms with Crippen LogP contribution in [0.1, 0.15) is 49.4 Å². The van der Waals surface area contributed by atoms with Gasteiger partial charge in [0.1, 0.15) is 4.83 Å². The van der Waals surface area contributed by atoms with E-state index in [1.165, 1.54) is 29.7 Å². The highest BCUT2D eigenvalue weighted by Gasteiger charge is 2.21. The van der Waals surface area contributed by atoms with Gasteiger partial charge in [0.2, 0.25) is 5.91 Å². The van der Waals surface area contributed by atoms with Crippen LogP contribution < -0.4 is 5.32 Å². The van der Waals surface area contributed by atoms with Gasteiger partial charge in [0.15, 0.2) is 0 Å². The lowest BCUT2D eigenvalue weighted by Gasteiger charge is -2.20. The number of pyridine rings is 1. The number of nitrogens with zero attached hydrogens (tertiary/aromatic N) is 1. The lowest BCUT2D eigenvalue weighted by Crippen LogP contribution is -2.16. The molecular weight excluding hydrogens is 268 g/mol. The average molecular weight is 288 g/mol. The van der Waals surface area contributed by atoms with E-state index in [-0.39, 0.29) is 5.91 Å². The van der Waals surface area contributed by atoms with Crippen LogP contribution in [-0.4, -0.2) is 10.9 Å². The zero-order valence-electron chi connectivity index (χ0n) is 12.1. The fourth-order valence-electron chi connectivity index (χ4n) is 2.94. The number of anilines is 1. The molecule has 0 saturated heterocycles. The number of hydrogen-bond donors (Lipinski definition) is 1. The normalized spacial score (nSPS) is 14.3. The van der Waals surface area contributed by atoms with Crippen molar-refractivity contribution in [2.45, 2.75) is 52.4 Å². The average Bonchev–Trinajstić information content (AvgIpc) is 2.80. The van der Waals surface area contributed by atoms with Crippen LogP contribution in [0, 0.1) is 6.92 Å². The fraction of sp³-hybridized carbons (Fsp3) is 0.500. The Morgan fingerprint density at radius 3 is 3.00 bits per heavy atom. The Kier molecular flexibility index (Phi) is 3.74. The summed E-state index contributed by atoms with van der Waals surface area (Å²) in [5.74, 6) is 0.123. The van der Waals surface area contributed by atoms with Crippen LogP contribution in [0.25, 0.3) is 10.2 Å². The van der Waals surface area contributed by atoms with E-state index in [4.69, 9.17) is 4.98 Å². The summed E-state index contributed by atoms with van der Waals surface area (Å²) >= 11 is 1.68. The third-order valence-electron chi connectivity index (χ3n) is 3.92. The van der Waals surface area contributed by atoms with Gasteiger partial charge in [-0.25, -0.2) is 4.98 Å². The van der Waals surface area contributed by atoms with Crippen LogP contribution in [0.5, 0.6) is 0 Å². The Balaban J connectivity index is 2.14. The zero-order valence-corrected chi connectivity index (χ0v) is 12.9. The van der Waals surface area contributed by atoms with E-state index < -0.39 is 0 Å². The molecule has 1 aliphatic rings. The van der Waals surface area contributed by atoms with E-state index >= 15 is 0 Å². The van der Waals surface area contributed by atoms with Crippen LogP contribution in [-0.2, 0) is 17.6 Å². The highest BCUT2D eigenvalue weighted by atomic mass is 32.1. The minimum Gasteiger partial charge on any atom is -0.325 e. The lowest BCUT2D eigenvalue weighted by atomic mass is 9.93. The summed E-state index contributed by atoms with van der Waals surface area (Å²) in [4.78, 5) is 17.9. The van der Waals surface area contributed by atoms with E-state index in [2.05, 4.69) is 17.6 Å². The summed E-state index contributed by atoms with van der Waals surface area (Å²) < 4.78 is 0. The van der Waals surface area contributed by atoms with Crippen molar-refractivity contribution in [2.75, 3.05) is 5.32 Å². The molecule has 0 spiro atoms. The number of carbonyl (C=O) groups is 1. The second-order valence-corrected chi connectivity index (χ2v) is 6.37. The molecule has 0 atom stereocenters. The predicted octanol–water partition coefficient (Wildman–Crippen LogP) is 4.22. The summed E-state index contributed by atoms with van der Waals surface area (Å²) in [6, 6.07) is 0. The molecule has 20 heavy (non-hydrogen) atoms. The standard InChI is InChI=1S/C16H20N2OS/c1-3-6-13(19)18-15-11-7-4-5-8-12(11)17-16-14(15)10(2)9-20-16/h9H,3-8H2,1-2H3,(H,17,18,19). The second kappa shape index (κ2) is 5.52. The maximum Gasteiger partial charge on any atom is 0.224 e. The molecule has 3 nitrogen and oxygen atoms in total. The summed E-state index contributed by atoms with van der Waals surface area (Å²) in [6.45, 7) is 4.14. The predicted molar refractivity (Wildman–Crippen MR) is 84.5 cm³/mol. The van der Waals surface area contributed by atoms with Gasteiger partial charge >= 0.3 is 0 Å². The van der Waals surface area contributed by atoms with Crippen molar-refractivity contribution in [3.8, 4) is 0 Å². The Morgan fingerprint density at radius 2 is 2.20 bits per heavy atom. The largest absolute Gasteiger partial charge is 0.325 e. The molecule has 4 heteroatoms. The van der Waals surface area contributed by atoms with Crippen molar-refractivity contribution < 1.29 is 4.79 Å². The van der Waals surface area contributed by atoms with Crippen molar-refractivity contribution in [3.63, 3.8) is 0 Å². The third kappa shape index (κ3) is 2.33. The van der Waals surface area contributed by atoms with E-state index in [9.17, 15) is 4.79 Å². The van der Waals surface area contributed by atoms with Crippen LogP contribution in [0.15, 0.2) is 5.38 Å². The monoisotopic (exact) mass is 288 g/mol. The molecule has 1 aliphatic carbocycles. The molecule has 1 amide bonds. The molecule has 2 aromatic rings. The van der Waals surface area contributed by atoms with E-state index in [0.717, 1.165) is 35.2 Å². The zero-order chi connectivity index (χ0) is 14.1. The number of rotatable bonds is 3. The minimum atomic E-state index is 0.123. The number of amides is 1. The van der Waals surface area contributed by atoms with Gasteiger partial charge in [0.05, 0.1) is 5.69 Å². The minimum absolute atomic E-state index is 0.123. The van der Waals surface area contributed by atoms with Crippen LogP contribution in [0.2, 0.25) is 0 Å². The molecule has 2 aromatic heterocycles. The number of aryl methyl sites for hydroxylation is 2. The summed E-state index contributed by atoms with van der Waals surface area (Å²) in [6.07, 6.45) is 5.94. The fourth-order valence-corrected chi connectivity index (χ4v) is 3.89. The van der Waals surface area contributed by atoms with Gasteiger partial charge in [0, 0.05) is 17.5 Å². The van der Waals surface area contributed by atoms with Gasteiger partial charge in [-0.15, -0.1) is 11.3 Å². The summed E-state index contributed by atoms with van der Waals surface area (Å²) in [7, 11) is 0. The molecule has 2 heterocycles. The van der Waals surface area contributed by atoms with Gasteiger partial charge in [-0.1, -0.05) is 6.92 Å². The molecule has 0 saturated carbocycles. The van der Waals surface area contributed by atoms with Gasteiger partial charge in [-0.2, -0.15) is 0 Å². The van der Waals surface area contributed by atoms with Crippen LogP contribution in [0.3, 0.4) is 0 Å². The Morgan fingerprint density at radius 1 is 1.40 bits per heavy atom. The SMILES string of the molecule is CCCC(=O)Nc1c2c(nc3scc(C)c13)CCCC2. The third-order valence-corrected chi connectivity index (χ3v) is 4.91. The topological polar surface area (TPSA) is 42.0 Å². The quantitative estimate of drug-likeness (QED) is 0.918. The molecule has 1 N–H and O–H groups in total. The number of thiophene rings is 1. The number of nitrogens with one attached hydrogen (secondary N) is 1. The van der Waals surface area contributed by atoms with Gasteiger partial charge in [-0.3, -0.25) is 4.79 Å². The number of aromatic nitrogens is 1. The first-order chi connectivity index (χ1) is 9.70. The van der Waals surface area contributed by atoms with Gasteiger partial charge in [0.25, 0.3) is 0 Å². The van der Waals surface area contributed by atoms with Crippen molar-refractivity contribution in [1.82, 2.24) is 4.98 Å². The number of hydrogen-bond acceptors (Lipinski definition) is 3. The first-order valence-electron chi connectivity index (χ1n) is 7.40. The van der Waals surface area contributed by atoms with Crippen molar-refractivity contribution in [3.05, 3.63) is 22.2 Å². The maximum absolute atomic E-state index is 12.0. The van der Waals surface area contributed by atoms with Crippen molar-refractivity contribution in [1.29, 1.82) is 0 Å². The molecule has 0 fully saturated rings. The first kappa shape index (κ1) is 13.6. The molecule has 0 unspecified atom stereocenters. The Bertz CT molecular complexity index is 660. The summed E-state index contributed by atoms with van der Waals surface area (Å²) in [5.41, 5.74) is 4.73. The van der Waals surface area contributed by atoms with E-state index in [1.54, 1.807) is 11.3 Å². The Labute approximate surface area is 123 Å². The molecule has 0 bridgehead atoms. The number of carbonyl (C=O) groups excluding carboxylic acids is 1. The maximum atomic E-state index is 12.0. The highest BCUT2D eigenvalue weighted by molar-refractivity contribution is 7.17. The van der Waals surface area contributed by atoms with Gasteiger partial charge in [-0.05, 0) is 55.5 Å². The van der Waals surface area contributed by atoms with Crippen molar-refractivity contribution in [2.24, 2.45) is 0 Å². The smallest absolute Gasteiger partial charge is 0.224 e. The molecule has 0 aromatic carbocycles. The highest BCUT2D eigenvalue weighted by Crippen LogP contribution is 2.37. The molecule has 0 radical (unpaired) electrons. The Hall–Kier alpha value is -1.42. The van der Waals surface area contributed by atoms with E-state index in [0.29, 0.717) is 6.42 Å². The number of fused-ring (bicyclic) bond motifs is 2. The summed E-state index contributed by atoms with van der Waals surface area (Å²) in [5, 5.41) is 6.46. The van der Waals surface area contributed by atoms with Gasteiger partial charge < -0.3 is 5.32 Å².